The van der Waals surface area contributed by atoms with Gasteiger partial charge in [-0.25, -0.2) is 0 Å². The van der Waals surface area contributed by atoms with Gasteiger partial charge in [-0.1, -0.05) is 158 Å². The SMILES string of the molecule is O=C(Nc1ccccc1)c1cc2c(c(-c3c4c(cc(C(=O)Nc5ccccc5)c3OP(c3ccccc3)c3ccccc3)CCCC4)c1OP(c1ccccc1)c1ccccc1)CCCC2. The van der Waals surface area contributed by atoms with E-state index in [0.717, 1.165) is 106 Å². The van der Waals surface area contributed by atoms with Crippen LogP contribution < -0.4 is 40.9 Å². The Balaban J connectivity index is 1.30. The molecule has 2 N–H and O–H groups in total. The molecule has 0 saturated heterocycles. The number of hydrogen-bond donors (Lipinski definition) is 2. The number of aryl methyl sites for hydroxylation is 2. The third-order valence-electron chi connectivity index (χ3n) is 12.3. The van der Waals surface area contributed by atoms with E-state index in [0.29, 0.717) is 34.0 Å². The summed E-state index contributed by atoms with van der Waals surface area (Å²) in [5.41, 5.74) is 8.52. The Kier molecular flexibility index (Phi) is 13.1. The lowest BCUT2D eigenvalue weighted by Gasteiger charge is -2.32. The van der Waals surface area contributed by atoms with E-state index in [1.807, 2.05) is 133 Å². The minimum Gasteiger partial charge on any atom is -0.463 e. The molecule has 8 aromatic rings. The molecule has 8 aromatic carbocycles. The van der Waals surface area contributed by atoms with Gasteiger partial charge in [0.25, 0.3) is 11.8 Å². The average molecular weight is 901 g/mol. The average Bonchev–Trinajstić information content (AvgIpc) is 3.38. The lowest BCUT2D eigenvalue weighted by molar-refractivity contribution is 0.101. The van der Waals surface area contributed by atoms with Gasteiger partial charge in [0.15, 0.2) is 16.3 Å². The summed E-state index contributed by atoms with van der Waals surface area (Å²) >= 11 is 0. The molecule has 0 bridgehead atoms. The molecule has 8 heteroatoms. The molecule has 0 atom stereocenters. The van der Waals surface area contributed by atoms with Crippen molar-refractivity contribution in [3.8, 4) is 22.6 Å². The topological polar surface area (TPSA) is 76.7 Å². The summed E-state index contributed by atoms with van der Waals surface area (Å²) in [5.74, 6) is 0.494. The van der Waals surface area contributed by atoms with Gasteiger partial charge in [-0.15, -0.1) is 0 Å². The summed E-state index contributed by atoms with van der Waals surface area (Å²) in [6, 6.07) is 64.7. The molecule has 10 rings (SSSR count). The van der Waals surface area contributed by atoms with E-state index >= 15 is 9.59 Å². The van der Waals surface area contributed by atoms with Crippen molar-refractivity contribution in [2.24, 2.45) is 0 Å². The Morgan fingerprint density at radius 3 is 0.985 bits per heavy atom. The highest BCUT2D eigenvalue weighted by atomic mass is 31.1. The van der Waals surface area contributed by atoms with Crippen LogP contribution in [0.1, 0.15) is 68.7 Å². The Labute approximate surface area is 389 Å². The zero-order valence-electron chi connectivity index (χ0n) is 36.7. The summed E-state index contributed by atoms with van der Waals surface area (Å²) < 4.78 is 15.4. The third kappa shape index (κ3) is 9.31. The summed E-state index contributed by atoms with van der Waals surface area (Å²) in [4.78, 5) is 30.4. The molecule has 0 spiro atoms. The maximum absolute atomic E-state index is 15.2. The highest BCUT2D eigenvalue weighted by Crippen LogP contribution is 2.55. The van der Waals surface area contributed by atoms with Crippen LogP contribution >= 0.6 is 16.3 Å². The number of nitrogens with one attached hydrogen (secondary N) is 2. The van der Waals surface area contributed by atoms with Crippen LogP contribution in [0, 0.1) is 0 Å². The van der Waals surface area contributed by atoms with Crippen LogP contribution in [0.5, 0.6) is 11.5 Å². The third-order valence-corrected chi connectivity index (χ3v) is 16.1. The predicted octanol–water partition coefficient (Wildman–Crippen LogP) is 12.5. The normalized spacial score (nSPS) is 13.1. The van der Waals surface area contributed by atoms with E-state index in [1.54, 1.807) is 0 Å². The second-order valence-corrected chi connectivity index (χ2v) is 20.3. The fraction of sp³-hybridized carbons (Fsp3) is 0.138. The molecule has 0 heterocycles. The van der Waals surface area contributed by atoms with Crippen molar-refractivity contribution in [3.63, 3.8) is 0 Å². The van der Waals surface area contributed by atoms with Crippen molar-refractivity contribution in [2.75, 3.05) is 10.6 Å². The first kappa shape index (κ1) is 43.1. The van der Waals surface area contributed by atoms with E-state index < -0.39 is 16.3 Å². The van der Waals surface area contributed by atoms with Gasteiger partial charge in [0.1, 0.15) is 11.5 Å². The fourth-order valence-corrected chi connectivity index (χ4v) is 12.7. The van der Waals surface area contributed by atoms with Crippen LogP contribution in [0.15, 0.2) is 194 Å². The Bertz CT molecular complexity index is 2670. The maximum Gasteiger partial charge on any atom is 0.259 e. The molecule has 0 saturated carbocycles. The Morgan fingerprint density at radius 1 is 0.379 bits per heavy atom. The van der Waals surface area contributed by atoms with Gasteiger partial charge < -0.3 is 19.7 Å². The standard InChI is InChI=1S/C58H50N2O4P2/c61-57(59-43-25-7-1-8-26-43)51-39-41-23-19-21-37-49(41)53(55(51)63-65(45-29-11-3-12-30-45)46-31-13-4-14-32-46)54-50-38-22-20-24-42(50)40-52(58(62)60-44-27-9-2-10-28-44)56(54)64-66(47-33-15-5-16-34-47)48-35-17-6-18-36-48/h1-18,25-36,39-40H,19-24,37-38H2,(H,59,61)(H,60,62). The van der Waals surface area contributed by atoms with Gasteiger partial charge in [0.05, 0.1) is 11.1 Å². The smallest absolute Gasteiger partial charge is 0.259 e. The number of fused-ring (bicyclic) bond motifs is 2. The van der Waals surface area contributed by atoms with Crippen LogP contribution in [0.4, 0.5) is 11.4 Å². The molecule has 2 aliphatic rings. The van der Waals surface area contributed by atoms with Crippen LogP contribution in [0.25, 0.3) is 11.1 Å². The molecule has 0 fully saturated rings. The van der Waals surface area contributed by atoms with Gasteiger partial charge in [0, 0.05) is 43.7 Å². The fourth-order valence-electron chi connectivity index (χ4n) is 9.21. The number of carbonyl (C=O) groups is 2. The summed E-state index contributed by atoms with van der Waals surface area (Å²) in [7, 11) is -3.01. The maximum atomic E-state index is 15.2. The van der Waals surface area contributed by atoms with Crippen molar-refractivity contribution in [2.45, 2.75) is 51.4 Å². The molecule has 2 amide bonds. The zero-order valence-corrected chi connectivity index (χ0v) is 38.4. The van der Waals surface area contributed by atoms with Crippen molar-refractivity contribution in [3.05, 3.63) is 228 Å². The molecule has 0 aromatic heterocycles. The first-order valence-corrected chi connectivity index (χ1v) is 25.4. The number of anilines is 2. The van der Waals surface area contributed by atoms with Gasteiger partial charge in [-0.05, 0) is 110 Å². The molecule has 0 radical (unpaired) electrons. The minimum atomic E-state index is -1.51. The van der Waals surface area contributed by atoms with Crippen molar-refractivity contribution < 1.29 is 18.6 Å². The van der Waals surface area contributed by atoms with Crippen molar-refractivity contribution in [1.82, 2.24) is 0 Å². The molecular weight excluding hydrogens is 851 g/mol. The second-order valence-electron chi connectivity index (χ2n) is 16.7. The predicted molar refractivity (Wildman–Crippen MR) is 273 cm³/mol. The number of rotatable bonds is 13. The highest BCUT2D eigenvalue weighted by molar-refractivity contribution is 7.69. The molecule has 326 valence electrons. The monoisotopic (exact) mass is 900 g/mol. The van der Waals surface area contributed by atoms with Gasteiger partial charge in [-0.2, -0.15) is 0 Å². The van der Waals surface area contributed by atoms with E-state index in [1.165, 1.54) is 0 Å². The van der Waals surface area contributed by atoms with E-state index in [9.17, 15) is 0 Å². The van der Waals surface area contributed by atoms with Crippen molar-refractivity contribution in [1.29, 1.82) is 0 Å². The molecular formula is C58H50N2O4P2. The van der Waals surface area contributed by atoms with Gasteiger partial charge in [0.2, 0.25) is 0 Å². The lowest BCUT2D eigenvalue weighted by atomic mass is 9.78. The van der Waals surface area contributed by atoms with Gasteiger partial charge in [-0.3, -0.25) is 9.59 Å². The van der Waals surface area contributed by atoms with E-state index in [2.05, 4.69) is 71.3 Å². The number of hydrogen-bond acceptors (Lipinski definition) is 4. The largest absolute Gasteiger partial charge is 0.463 e. The second kappa shape index (κ2) is 20.1. The van der Waals surface area contributed by atoms with Crippen LogP contribution in [0.3, 0.4) is 0 Å². The first-order chi connectivity index (χ1) is 32.6. The Morgan fingerprint density at radius 2 is 0.667 bits per heavy atom. The molecule has 0 unspecified atom stereocenters. The molecule has 66 heavy (non-hydrogen) atoms. The number of amides is 2. The number of carbonyl (C=O) groups excluding carboxylic acids is 2. The number of benzene rings is 8. The first-order valence-electron chi connectivity index (χ1n) is 22.9. The number of para-hydroxylation sites is 2. The quantitative estimate of drug-likeness (QED) is 0.113. The molecule has 6 nitrogen and oxygen atoms in total. The van der Waals surface area contributed by atoms with E-state index in [-0.39, 0.29) is 11.8 Å². The molecule has 2 aliphatic carbocycles. The zero-order chi connectivity index (χ0) is 44.7. The van der Waals surface area contributed by atoms with Crippen molar-refractivity contribution >= 4 is 60.7 Å². The summed E-state index contributed by atoms with van der Waals surface area (Å²) in [5, 5.41) is 10.6. The van der Waals surface area contributed by atoms with Gasteiger partial charge >= 0.3 is 0 Å². The minimum absolute atomic E-state index is 0.257. The summed E-state index contributed by atoms with van der Waals surface area (Å²) in [6.45, 7) is 0. The van der Waals surface area contributed by atoms with Crippen LogP contribution in [-0.2, 0) is 25.7 Å². The Hall–Kier alpha value is -6.84. The van der Waals surface area contributed by atoms with Crippen LogP contribution in [-0.4, -0.2) is 11.8 Å². The summed E-state index contributed by atoms with van der Waals surface area (Å²) in [6.07, 6.45) is 7.17. The highest BCUT2D eigenvalue weighted by Gasteiger charge is 2.36. The lowest BCUT2D eigenvalue weighted by Crippen LogP contribution is -2.22. The molecule has 0 aliphatic heterocycles. The van der Waals surface area contributed by atoms with E-state index in [4.69, 9.17) is 9.05 Å². The van der Waals surface area contributed by atoms with Crippen LogP contribution in [0.2, 0.25) is 0 Å².